The highest BCUT2D eigenvalue weighted by molar-refractivity contribution is 7.97. The van der Waals surface area contributed by atoms with Crippen molar-refractivity contribution in [3.8, 4) is 0 Å². The maximum Gasteiger partial charge on any atom is 0.240 e. The number of amides is 1. The minimum atomic E-state index is -0.0804. The van der Waals surface area contributed by atoms with E-state index in [-0.39, 0.29) is 12.5 Å². The molecule has 0 radical (unpaired) electrons. The van der Waals surface area contributed by atoms with Crippen molar-refractivity contribution < 1.29 is 4.79 Å². The number of rotatable bonds is 6. The summed E-state index contributed by atoms with van der Waals surface area (Å²) in [4.78, 5) is 17.2. The van der Waals surface area contributed by atoms with Crippen LogP contribution in [0.5, 0.6) is 0 Å². The molecule has 0 bridgehead atoms. The van der Waals surface area contributed by atoms with Gasteiger partial charge in [-0.05, 0) is 30.5 Å². The zero-order valence-corrected chi connectivity index (χ0v) is 15.1. The Hall–Kier alpha value is -2.87. The van der Waals surface area contributed by atoms with Gasteiger partial charge in [-0.1, -0.05) is 18.2 Å². The standard InChI is InChI=1S/C18H18N6OS/c1-26-12-17-20-13-6-2-3-7-14(13)24(17)11-18(25)19-10-16-22-21-15-8-4-5-9-23(15)16/h2-9H,10-12H2,1H3,(H,19,25). The van der Waals surface area contributed by atoms with Crippen LogP contribution < -0.4 is 5.32 Å². The molecule has 1 aromatic carbocycles. The molecule has 0 fully saturated rings. The number of carbonyl (C=O) groups excluding carboxylic acids is 1. The number of nitrogens with zero attached hydrogens (tertiary/aromatic N) is 5. The molecule has 3 heterocycles. The van der Waals surface area contributed by atoms with Crippen LogP contribution in [0.3, 0.4) is 0 Å². The third-order valence-corrected chi connectivity index (χ3v) is 4.68. The Balaban J connectivity index is 1.51. The number of imidazole rings is 1. The zero-order chi connectivity index (χ0) is 17.9. The fourth-order valence-electron chi connectivity index (χ4n) is 2.93. The lowest BCUT2D eigenvalue weighted by molar-refractivity contribution is -0.121. The van der Waals surface area contributed by atoms with Gasteiger partial charge in [0.1, 0.15) is 12.4 Å². The quantitative estimate of drug-likeness (QED) is 0.566. The summed E-state index contributed by atoms with van der Waals surface area (Å²) in [6, 6.07) is 13.6. The summed E-state index contributed by atoms with van der Waals surface area (Å²) >= 11 is 1.69. The number of hydrogen-bond donors (Lipinski definition) is 1. The second kappa shape index (κ2) is 7.17. The molecule has 132 valence electrons. The molecule has 0 atom stereocenters. The number of benzene rings is 1. The van der Waals surface area contributed by atoms with Crippen LogP contribution in [0.2, 0.25) is 0 Å². The molecule has 0 unspecified atom stereocenters. The first-order valence-corrected chi connectivity index (χ1v) is 9.64. The fraction of sp³-hybridized carbons (Fsp3) is 0.222. The average Bonchev–Trinajstić information content (AvgIpc) is 3.22. The van der Waals surface area contributed by atoms with Gasteiger partial charge in [0.2, 0.25) is 5.91 Å². The normalized spacial score (nSPS) is 11.3. The molecular weight excluding hydrogens is 348 g/mol. The third kappa shape index (κ3) is 3.15. The second-order valence-corrected chi connectivity index (χ2v) is 6.72. The Labute approximate surface area is 154 Å². The first-order chi connectivity index (χ1) is 12.8. The van der Waals surface area contributed by atoms with Gasteiger partial charge in [0, 0.05) is 6.20 Å². The van der Waals surface area contributed by atoms with Crippen molar-refractivity contribution in [1.29, 1.82) is 0 Å². The number of aromatic nitrogens is 5. The summed E-state index contributed by atoms with van der Waals surface area (Å²) in [7, 11) is 0. The van der Waals surface area contributed by atoms with Crippen molar-refractivity contribution in [3.63, 3.8) is 0 Å². The molecule has 0 saturated heterocycles. The Kier molecular flexibility index (Phi) is 4.57. The monoisotopic (exact) mass is 366 g/mol. The number of pyridine rings is 1. The second-order valence-electron chi connectivity index (χ2n) is 5.86. The van der Waals surface area contributed by atoms with Gasteiger partial charge in [0.25, 0.3) is 0 Å². The van der Waals surface area contributed by atoms with E-state index in [0.29, 0.717) is 12.4 Å². The molecule has 0 spiro atoms. The molecule has 0 saturated carbocycles. The largest absolute Gasteiger partial charge is 0.347 e. The summed E-state index contributed by atoms with van der Waals surface area (Å²) in [5.41, 5.74) is 2.65. The van der Waals surface area contributed by atoms with Crippen molar-refractivity contribution in [1.82, 2.24) is 29.5 Å². The molecule has 0 aliphatic carbocycles. The number of fused-ring (bicyclic) bond motifs is 2. The van der Waals surface area contributed by atoms with Crippen LogP contribution in [0.15, 0.2) is 48.7 Å². The van der Waals surface area contributed by atoms with E-state index in [1.54, 1.807) is 11.8 Å². The van der Waals surface area contributed by atoms with Crippen LogP contribution in [0.25, 0.3) is 16.7 Å². The summed E-state index contributed by atoms with van der Waals surface area (Å²) < 4.78 is 3.84. The van der Waals surface area contributed by atoms with Gasteiger partial charge in [-0.25, -0.2) is 4.98 Å². The predicted molar refractivity (Wildman–Crippen MR) is 102 cm³/mol. The highest BCUT2D eigenvalue weighted by Crippen LogP contribution is 2.18. The third-order valence-electron chi connectivity index (χ3n) is 4.14. The zero-order valence-electron chi connectivity index (χ0n) is 14.3. The van der Waals surface area contributed by atoms with E-state index in [2.05, 4.69) is 20.5 Å². The Morgan fingerprint density at radius 3 is 2.85 bits per heavy atom. The van der Waals surface area contributed by atoms with Crippen molar-refractivity contribution >= 4 is 34.3 Å². The highest BCUT2D eigenvalue weighted by atomic mass is 32.2. The lowest BCUT2D eigenvalue weighted by atomic mass is 10.3. The smallest absolute Gasteiger partial charge is 0.240 e. The van der Waals surface area contributed by atoms with E-state index < -0.39 is 0 Å². The van der Waals surface area contributed by atoms with E-state index in [0.717, 1.165) is 28.3 Å². The van der Waals surface area contributed by atoms with Crippen molar-refractivity contribution in [2.75, 3.05) is 6.26 Å². The van der Waals surface area contributed by atoms with E-state index in [1.807, 2.05) is 63.9 Å². The van der Waals surface area contributed by atoms with E-state index in [9.17, 15) is 4.79 Å². The number of hydrogen-bond acceptors (Lipinski definition) is 5. The maximum atomic E-state index is 12.5. The van der Waals surface area contributed by atoms with Crippen LogP contribution in [0, 0.1) is 0 Å². The molecule has 0 aliphatic rings. The van der Waals surface area contributed by atoms with Crippen molar-refractivity contribution in [2.24, 2.45) is 0 Å². The fourth-order valence-corrected chi connectivity index (χ4v) is 3.41. The van der Waals surface area contributed by atoms with Crippen molar-refractivity contribution in [2.45, 2.75) is 18.8 Å². The Morgan fingerprint density at radius 1 is 1.12 bits per heavy atom. The van der Waals surface area contributed by atoms with Crippen LogP contribution >= 0.6 is 11.8 Å². The maximum absolute atomic E-state index is 12.5. The number of nitrogens with one attached hydrogen (secondary N) is 1. The van der Waals surface area contributed by atoms with Gasteiger partial charge < -0.3 is 9.88 Å². The first-order valence-electron chi connectivity index (χ1n) is 8.24. The molecule has 1 N–H and O–H groups in total. The number of thioether (sulfide) groups is 1. The van der Waals surface area contributed by atoms with E-state index in [4.69, 9.17) is 0 Å². The minimum Gasteiger partial charge on any atom is -0.347 e. The van der Waals surface area contributed by atoms with Crippen molar-refractivity contribution in [3.05, 3.63) is 60.3 Å². The Morgan fingerprint density at radius 2 is 1.96 bits per heavy atom. The minimum absolute atomic E-state index is 0.0804. The van der Waals surface area contributed by atoms with Crippen LogP contribution in [-0.4, -0.2) is 36.3 Å². The van der Waals surface area contributed by atoms with Crippen LogP contribution in [0.4, 0.5) is 0 Å². The molecule has 4 aromatic rings. The van der Waals surface area contributed by atoms with Gasteiger partial charge >= 0.3 is 0 Å². The lowest BCUT2D eigenvalue weighted by Crippen LogP contribution is -2.28. The molecule has 3 aromatic heterocycles. The summed E-state index contributed by atoms with van der Waals surface area (Å²) in [5, 5.41) is 11.2. The van der Waals surface area contributed by atoms with Gasteiger partial charge in [0.15, 0.2) is 11.5 Å². The molecule has 7 nitrogen and oxygen atoms in total. The molecule has 26 heavy (non-hydrogen) atoms. The summed E-state index contributed by atoms with van der Waals surface area (Å²) in [6.07, 6.45) is 3.91. The van der Waals surface area contributed by atoms with Crippen LogP contribution in [-0.2, 0) is 23.6 Å². The van der Waals surface area contributed by atoms with Crippen LogP contribution in [0.1, 0.15) is 11.6 Å². The van der Waals surface area contributed by atoms with E-state index in [1.165, 1.54) is 0 Å². The van der Waals surface area contributed by atoms with Gasteiger partial charge in [0.05, 0.1) is 23.3 Å². The number of carbonyl (C=O) groups is 1. The predicted octanol–water partition coefficient (Wildman–Crippen LogP) is 2.26. The molecule has 0 aliphatic heterocycles. The summed E-state index contributed by atoms with van der Waals surface area (Å²) in [6.45, 7) is 0.557. The molecule has 1 amide bonds. The van der Waals surface area contributed by atoms with Gasteiger partial charge in [-0.2, -0.15) is 11.8 Å². The lowest BCUT2D eigenvalue weighted by Gasteiger charge is -2.09. The highest BCUT2D eigenvalue weighted by Gasteiger charge is 2.14. The number of para-hydroxylation sites is 2. The Bertz CT molecular complexity index is 1070. The molecule has 4 rings (SSSR count). The SMILES string of the molecule is CSCc1nc2ccccc2n1CC(=O)NCc1nnc2ccccn12. The molecular formula is C18H18N6OS. The van der Waals surface area contributed by atoms with Gasteiger partial charge in [-0.15, -0.1) is 10.2 Å². The molecule has 8 heteroatoms. The van der Waals surface area contributed by atoms with E-state index >= 15 is 0 Å². The van der Waals surface area contributed by atoms with Gasteiger partial charge in [-0.3, -0.25) is 9.20 Å². The summed E-state index contributed by atoms with van der Waals surface area (Å²) in [5.74, 6) is 2.29. The topological polar surface area (TPSA) is 77.1 Å². The average molecular weight is 366 g/mol. The first kappa shape index (κ1) is 16.6.